The molecule has 21 heavy (non-hydrogen) atoms. The average Bonchev–Trinajstić information content (AvgIpc) is 2.43. The molecule has 0 aliphatic carbocycles. The Labute approximate surface area is 120 Å². The van der Waals surface area contributed by atoms with Crippen molar-refractivity contribution in [2.45, 2.75) is 38.2 Å². The summed E-state index contributed by atoms with van der Waals surface area (Å²) in [7, 11) is 0. The van der Waals surface area contributed by atoms with E-state index in [0.717, 1.165) is 24.3 Å². The van der Waals surface area contributed by atoms with Gasteiger partial charge in [0, 0.05) is 5.56 Å². The Bertz CT molecular complexity index is 503. The van der Waals surface area contributed by atoms with Gasteiger partial charge in [-0.3, -0.25) is 4.79 Å². The second-order valence-corrected chi connectivity index (χ2v) is 4.59. The molecule has 1 amide bonds. The molecule has 1 aromatic carbocycles. The number of aliphatic carboxylic acids is 1. The summed E-state index contributed by atoms with van der Waals surface area (Å²) in [6.07, 6.45) is 1.23. The van der Waals surface area contributed by atoms with Crippen LogP contribution in [0.3, 0.4) is 0 Å². The minimum Gasteiger partial charge on any atom is -0.480 e. The predicted molar refractivity (Wildman–Crippen MR) is 69.4 cm³/mol. The first-order valence-electron chi connectivity index (χ1n) is 6.46. The number of unbranched alkanes of at least 4 members (excludes halogenated alkanes) is 1. The normalized spacial score (nSPS) is 12.8. The Kier molecular flexibility index (Phi) is 5.75. The number of carbonyl (C=O) groups is 2. The lowest BCUT2D eigenvalue weighted by atomic mass is 10.1. The van der Waals surface area contributed by atoms with E-state index >= 15 is 0 Å². The maximum Gasteiger partial charge on any atom is 0.349 e. The molecule has 0 radical (unpaired) electrons. The number of hydrogen-bond donors (Lipinski definition) is 2. The molecule has 0 bridgehead atoms. The van der Waals surface area contributed by atoms with Crippen LogP contribution in [0.5, 0.6) is 0 Å². The van der Waals surface area contributed by atoms with Gasteiger partial charge in [-0.15, -0.1) is 0 Å². The lowest BCUT2D eigenvalue weighted by molar-refractivity contribution is -0.152. The lowest BCUT2D eigenvalue weighted by Gasteiger charge is -2.20. The summed E-state index contributed by atoms with van der Waals surface area (Å²) in [6, 6.07) is 1.82. The standard InChI is InChI=1S/C14H16F3NO3/c1-2-3-4-11(12(19)20)18-13(21)14(16,17)9-5-7-10(15)8-6-9/h5-8,11H,2-4H2,1H3,(H,18,21)(H,19,20)/t11-/m0/s1. The number of carboxylic acids is 1. The van der Waals surface area contributed by atoms with E-state index in [2.05, 4.69) is 0 Å². The highest BCUT2D eigenvalue weighted by molar-refractivity contribution is 5.88. The van der Waals surface area contributed by atoms with Crippen molar-refractivity contribution in [3.05, 3.63) is 35.6 Å². The van der Waals surface area contributed by atoms with Gasteiger partial charge in [0.05, 0.1) is 0 Å². The van der Waals surface area contributed by atoms with Crippen molar-refractivity contribution in [3.63, 3.8) is 0 Å². The lowest BCUT2D eigenvalue weighted by Crippen LogP contribution is -2.47. The van der Waals surface area contributed by atoms with Crippen LogP contribution in [0, 0.1) is 5.82 Å². The van der Waals surface area contributed by atoms with Crippen LogP contribution in [0.4, 0.5) is 13.2 Å². The molecule has 116 valence electrons. The molecule has 7 heteroatoms. The van der Waals surface area contributed by atoms with E-state index in [4.69, 9.17) is 5.11 Å². The zero-order valence-corrected chi connectivity index (χ0v) is 11.4. The number of benzene rings is 1. The summed E-state index contributed by atoms with van der Waals surface area (Å²) in [4.78, 5) is 22.5. The third-order valence-electron chi connectivity index (χ3n) is 2.94. The van der Waals surface area contributed by atoms with Crippen molar-refractivity contribution in [1.29, 1.82) is 0 Å². The molecular weight excluding hydrogens is 287 g/mol. The van der Waals surface area contributed by atoms with Gasteiger partial charge in [-0.05, 0) is 30.7 Å². The van der Waals surface area contributed by atoms with Crippen LogP contribution < -0.4 is 5.32 Å². The third-order valence-corrected chi connectivity index (χ3v) is 2.94. The van der Waals surface area contributed by atoms with E-state index in [1.807, 2.05) is 12.2 Å². The van der Waals surface area contributed by atoms with Gasteiger partial charge in [0.25, 0.3) is 5.91 Å². The van der Waals surface area contributed by atoms with Crippen molar-refractivity contribution in [2.24, 2.45) is 0 Å². The van der Waals surface area contributed by atoms with Crippen molar-refractivity contribution in [3.8, 4) is 0 Å². The van der Waals surface area contributed by atoms with Crippen molar-refractivity contribution >= 4 is 11.9 Å². The Morgan fingerprint density at radius 1 is 1.29 bits per heavy atom. The molecule has 0 saturated carbocycles. The molecule has 2 N–H and O–H groups in total. The first-order valence-corrected chi connectivity index (χ1v) is 6.46. The van der Waals surface area contributed by atoms with Crippen LogP contribution in [0.2, 0.25) is 0 Å². The number of amides is 1. The van der Waals surface area contributed by atoms with Crippen molar-refractivity contribution in [1.82, 2.24) is 5.32 Å². The van der Waals surface area contributed by atoms with Crippen LogP contribution in [0.1, 0.15) is 31.7 Å². The number of hydrogen-bond acceptors (Lipinski definition) is 2. The Morgan fingerprint density at radius 3 is 2.33 bits per heavy atom. The molecule has 0 aromatic heterocycles. The number of nitrogens with one attached hydrogen (secondary N) is 1. The molecule has 0 aliphatic rings. The summed E-state index contributed by atoms with van der Waals surface area (Å²) in [6.45, 7) is 1.81. The second kappa shape index (κ2) is 7.10. The average molecular weight is 303 g/mol. The maximum atomic E-state index is 13.9. The largest absolute Gasteiger partial charge is 0.480 e. The minimum absolute atomic E-state index is 0.0665. The molecule has 0 spiro atoms. The van der Waals surface area contributed by atoms with Crippen LogP contribution in [-0.2, 0) is 15.5 Å². The van der Waals surface area contributed by atoms with Crippen LogP contribution >= 0.6 is 0 Å². The fraction of sp³-hybridized carbons (Fsp3) is 0.429. The van der Waals surface area contributed by atoms with Gasteiger partial charge >= 0.3 is 11.9 Å². The predicted octanol–water partition coefficient (Wildman–Crippen LogP) is 2.68. The monoisotopic (exact) mass is 303 g/mol. The van der Waals surface area contributed by atoms with Gasteiger partial charge < -0.3 is 10.4 Å². The zero-order valence-electron chi connectivity index (χ0n) is 11.4. The van der Waals surface area contributed by atoms with E-state index in [1.165, 1.54) is 0 Å². The molecule has 1 atom stereocenters. The summed E-state index contributed by atoms with van der Waals surface area (Å²) >= 11 is 0. The van der Waals surface area contributed by atoms with Gasteiger partial charge in [0.15, 0.2) is 0 Å². The van der Waals surface area contributed by atoms with Crippen molar-refractivity contribution < 1.29 is 27.9 Å². The van der Waals surface area contributed by atoms with Gasteiger partial charge in [-0.1, -0.05) is 19.8 Å². The first-order chi connectivity index (χ1) is 9.78. The highest BCUT2D eigenvalue weighted by Crippen LogP contribution is 2.28. The van der Waals surface area contributed by atoms with Crippen molar-refractivity contribution in [2.75, 3.05) is 0 Å². The van der Waals surface area contributed by atoms with E-state index < -0.39 is 35.2 Å². The van der Waals surface area contributed by atoms with Gasteiger partial charge in [0.2, 0.25) is 0 Å². The second-order valence-electron chi connectivity index (χ2n) is 4.59. The summed E-state index contributed by atoms with van der Waals surface area (Å²) < 4.78 is 40.5. The molecule has 4 nitrogen and oxygen atoms in total. The smallest absolute Gasteiger partial charge is 0.349 e. The van der Waals surface area contributed by atoms with Crippen LogP contribution in [0.15, 0.2) is 24.3 Å². The molecule has 1 rings (SSSR count). The van der Waals surface area contributed by atoms with Gasteiger partial charge in [0.1, 0.15) is 11.9 Å². The molecule has 0 unspecified atom stereocenters. The highest BCUT2D eigenvalue weighted by atomic mass is 19.3. The molecule has 0 fully saturated rings. The van der Waals surface area contributed by atoms with Crippen LogP contribution in [-0.4, -0.2) is 23.0 Å². The summed E-state index contributed by atoms with van der Waals surface area (Å²) in [5, 5.41) is 10.7. The number of rotatable bonds is 7. The molecule has 0 aliphatic heterocycles. The topological polar surface area (TPSA) is 66.4 Å². The first kappa shape index (κ1) is 17.0. The minimum atomic E-state index is -3.92. The molecule has 0 saturated heterocycles. The van der Waals surface area contributed by atoms with E-state index in [-0.39, 0.29) is 6.42 Å². The Balaban J connectivity index is 2.84. The number of alkyl halides is 2. The highest BCUT2D eigenvalue weighted by Gasteiger charge is 2.42. The number of carbonyl (C=O) groups excluding carboxylic acids is 1. The van der Waals surface area contributed by atoms with Crippen LogP contribution in [0.25, 0.3) is 0 Å². The fourth-order valence-electron chi connectivity index (χ4n) is 1.70. The van der Waals surface area contributed by atoms with Gasteiger partial charge in [-0.2, -0.15) is 8.78 Å². The third kappa shape index (κ3) is 4.47. The molecule has 0 heterocycles. The zero-order chi connectivity index (χ0) is 16.0. The van der Waals surface area contributed by atoms with Gasteiger partial charge in [-0.25, -0.2) is 9.18 Å². The van der Waals surface area contributed by atoms with E-state index in [9.17, 15) is 22.8 Å². The SMILES string of the molecule is CCCC[C@H](NC(=O)C(F)(F)c1ccc(F)cc1)C(=O)O. The van der Waals surface area contributed by atoms with E-state index in [1.54, 1.807) is 0 Å². The fourth-order valence-corrected chi connectivity index (χ4v) is 1.70. The van der Waals surface area contributed by atoms with E-state index in [0.29, 0.717) is 12.8 Å². The molecule has 1 aromatic rings. The number of carboxylic acid groups (broad SMARTS) is 1. The summed E-state index contributed by atoms with van der Waals surface area (Å²) in [5.41, 5.74) is -0.693. The Hall–Kier alpha value is -2.05. The molecular formula is C14H16F3NO3. The quantitative estimate of drug-likeness (QED) is 0.814. The maximum absolute atomic E-state index is 13.9. The number of halogens is 3. The Morgan fingerprint density at radius 2 is 1.86 bits per heavy atom. The summed E-state index contributed by atoms with van der Waals surface area (Å²) in [5.74, 6) is -7.71.